The average molecular weight is 799 g/mol. The Kier molecular flexibility index (Phi) is 7.37. The van der Waals surface area contributed by atoms with Gasteiger partial charge >= 0.3 is 0 Å². The molecule has 0 amide bonds. The topological polar surface area (TPSA) is 77.8 Å². The van der Waals surface area contributed by atoms with Crippen LogP contribution in [0.2, 0.25) is 0 Å². The Hall–Kier alpha value is -8.00. The van der Waals surface area contributed by atoms with E-state index in [4.69, 9.17) is 28.8 Å². The highest BCUT2D eigenvalue weighted by Gasteiger charge is 2.21. The fraction of sp³-hybridized carbons (Fsp3) is 0. The Bertz CT molecular complexity index is 3900. The van der Waals surface area contributed by atoms with Gasteiger partial charge in [-0.1, -0.05) is 133 Å². The molecule has 0 aliphatic carbocycles. The summed E-state index contributed by atoms with van der Waals surface area (Å²) in [4.78, 5) is 20.6. The first-order valence-corrected chi connectivity index (χ1v) is 21.0. The van der Waals surface area contributed by atoms with Crippen LogP contribution in [0.1, 0.15) is 0 Å². The molecule has 0 saturated carbocycles. The molecule has 0 spiro atoms. The molecular weight excluding hydrogens is 769 g/mol. The number of hydrogen-bond acceptors (Lipinski definition) is 7. The van der Waals surface area contributed by atoms with Crippen molar-refractivity contribution in [3.05, 3.63) is 182 Å². The van der Waals surface area contributed by atoms with Crippen LogP contribution < -0.4 is 0 Å². The van der Waals surface area contributed by atoms with Gasteiger partial charge in [0.1, 0.15) is 27.3 Å². The van der Waals surface area contributed by atoms with Crippen LogP contribution in [0.5, 0.6) is 0 Å². The van der Waals surface area contributed by atoms with E-state index in [9.17, 15) is 0 Å². The summed E-state index contributed by atoms with van der Waals surface area (Å²) in [7, 11) is 0. The molecule has 284 valence electrons. The zero-order valence-corrected chi connectivity index (χ0v) is 33.2. The second kappa shape index (κ2) is 13.3. The normalized spacial score (nSPS) is 11.9. The molecule has 7 heteroatoms. The van der Waals surface area contributed by atoms with Crippen molar-refractivity contribution in [1.29, 1.82) is 0 Å². The van der Waals surface area contributed by atoms with E-state index in [-0.39, 0.29) is 0 Å². The third-order valence-electron chi connectivity index (χ3n) is 11.8. The number of aromatic nitrogens is 4. The summed E-state index contributed by atoms with van der Waals surface area (Å²) in [5.74, 6) is 1.87. The zero-order valence-electron chi connectivity index (χ0n) is 32.3. The molecule has 4 aromatic heterocycles. The van der Waals surface area contributed by atoms with Gasteiger partial charge in [-0.25, -0.2) is 19.9 Å². The molecule has 0 radical (unpaired) electrons. The van der Waals surface area contributed by atoms with Gasteiger partial charge in [0.2, 0.25) is 0 Å². The van der Waals surface area contributed by atoms with Crippen LogP contribution in [0.25, 0.3) is 132 Å². The number of thiazole rings is 1. The molecule has 0 bridgehead atoms. The van der Waals surface area contributed by atoms with E-state index in [1.807, 2.05) is 54.6 Å². The Balaban J connectivity index is 0.958. The van der Waals surface area contributed by atoms with Crippen LogP contribution in [0.3, 0.4) is 0 Å². The molecular formula is C54H30N4O2S. The summed E-state index contributed by atoms with van der Waals surface area (Å²) < 4.78 is 14.0. The molecule has 0 aliphatic heterocycles. The Morgan fingerprint density at radius 1 is 0.361 bits per heavy atom. The minimum Gasteiger partial charge on any atom is -0.456 e. The van der Waals surface area contributed by atoms with Gasteiger partial charge in [0.25, 0.3) is 0 Å². The predicted octanol–water partition coefficient (Wildman–Crippen LogP) is 14.9. The molecule has 0 unspecified atom stereocenters. The van der Waals surface area contributed by atoms with Crippen LogP contribution in [0, 0.1) is 0 Å². The van der Waals surface area contributed by atoms with E-state index in [1.54, 1.807) is 11.3 Å². The monoisotopic (exact) mass is 798 g/mol. The van der Waals surface area contributed by atoms with E-state index in [0.29, 0.717) is 17.5 Å². The average Bonchev–Trinajstić information content (AvgIpc) is 4.04. The van der Waals surface area contributed by atoms with Gasteiger partial charge in [0, 0.05) is 44.0 Å². The largest absolute Gasteiger partial charge is 0.456 e. The third kappa shape index (κ3) is 5.41. The smallest absolute Gasteiger partial charge is 0.164 e. The minimum atomic E-state index is 0.614. The molecule has 4 heterocycles. The van der Waals surface area contributed by atoms with Gasteiger partial charge in [0.05, 0.1) is 15.6 Å². The molecule has 9 aromatic carbocycles. The van der Waals surface area contributed by atoms with Crippen molar-refractivity contribution < 1.29 is 8.83 Å². The number of benzene rings is 9. The van der Waals surface area contributed by atoms with E-state index in [0.717, 1.165) is 109 Å². The number of furan rings is 2. The summed E-state index contributed by atoms with van der Waals surface area (Å²) in [5, 5.41) is 9.62. The van der Waals surface area contributed by atoms with Crippen LogP contribution in [0.4, 0.5) is 0 Å². The van der Waals surface area contributed by atoms with E-state index >= 15 is 0 Å². The van der Waals surface area contributed by atoms with Gasteiger partial charge in [-0.15, -0.1) is 11.3 Å². The molecule has 13 aromatic rings. The highest BCUT2D eigenvalue weighted by molar-refractivity contribution is 7.21. The van der Waals surface area contributed by atoms with E-state index in [2.05, 4.69) is 127 Å². The summed E-state index contributed by atoms with van der Waals surface area (Å²) in [6.07, 6.45) is 0. The number of rotatable bonds is 5. The first-order chi connectivity index (χ1) is 30.2. The SMILES string of the molecule is c1ccc(-c2nc(-c3ccc4ccccc4c3)nc(-c3ccc(-c4cccc5c4oc4ccc6sc(-c7ccc8oc9ccccc9c8c7)nc6c45)c4ccccc34)n2)cc1. The lowest BCUT2D eigenvalue weighted by Gasteiger charge is -2.13. The summed E-state index contributed by atoms with van der Waals surface area (Å²) in [5.41, 5.74) is 10.3. The highest BCUT2D eigenvalue weighted by atomic mass is 32.1. The van der Waals surface area contributed by atoms with Gasteiger partial charge < -0.3 is 8.83 Å². The maximum Gasteiger partial charge on any atom is 0.164 e. The van der Waals surface area contributed by atoms with Gasteiger partial charge in [-0.05, 0) is 75.6 Å². The minimum absolute atomic E-state index is 0.614. The van der Waals surface area contributed by atoms with Crippen LogP contribution in [0.15, 0.2) is 191 Å². The van der Waals surface area contributed by atoms with E-state index in [1.165, 1.54) is 5.39 Å². The van der Waals surface area contributed by atoms with Crippen molar-refractivity contribution in [1.82, 2.24) is 19.9 Å². The highest BCUT2D eigenvalue weighted by Crippen LogP contribution is 2.44. The Morgan fingerprint density at radius 2 is 1.03 bits per heavy atom. The maximum absolute atomic E-state index is 6.80. The number of para-hydroxylation sites is 2. The molecule has 6 nitrogen and oxygen atoms in total. The Labute approximate surface area is 352 Å². The van der Waals surface area contributed by atoms with Crippen molar-refractivity contribution >= 4 is 87.0 Å². The van der Waals surface area contributed by atoms with Gasteiger partial charge in [0.15, 0.2) is 17.5 Å². The summed E-state index contributed by atoms with van der Waals surface area (Å²) >= 11 is 1.70. The fourth-order valence-corrected chi connectivity index (χ4v) is 9.84. The second-order valence-electron chi connectivity index (χ2n) is 15.3. The number of nitrogens with zero attached hydrogens (tertiary/aromatic N) is 4. The van der Waals surface area contributed by atoms with Crippen LogP contribution in [-0.2, 0) is 0 Å². The molecule has 0 aliphatic rings. The summed E-state index contributed by atoms with van der Waals surface area (Å²) in [6.45, 7) is 0. The van der Waals surface area contributed by atoms with Gasteiger partial charge in [-0.2, -0.15) is 0 Å². The lowest BCUT2D eigenvalue weighted by atomic mass is 9.93. The zero-order chi connectivity index (χ0) is 40.0. The van der Waals surface area contributed by atoms with Crippen LogP contribution >= 0.6 is 11.3 Å². The lowest BCUT2D eigenvalue weighted by molar-refractivity contribution is 0.669. The molecule has 13 rings (SSSR count). The quantitative estimate of drug-likeness (QED) is 0.173. The Morgan fingerprint density at radius 3 is 1.92 bits per heavy atom. The van der Waals surface area contributed by atoms with Gasteiger partial charge in [-0.3, -0.25) is 0 Å². The second-order valence-corrected chi connectivity index (χ2v) is 16.4. The fourth-order valence-electron chi connectivity index (χ4n) is 8.87. The first-order valence-electron chi connectivity index (χ1n) is 20.2. The summed E-state index contributed by atoms with van der Waals surface area (Å²) in [6, 6.07) is 62.8. The predicted molar refractivity (Wildman–Crippen MR) is 250 cm³/mol. The van der Waals surface area contributed by atoms with E-state index < -0.39 is 0 Å². The molecule has 0 fully saturated rings. The van der Waals surface area contributed by atoms with Crippen molar-refractivity contribution in [2.75, 3.05) is 0 Å². The third-order valence-corrected chi connectivity index (χ3v) is 12.8. The standard InChI is InChI=1S/C54H30N4O2S/c1-2-12-32(13-3-1)51-56-52(34-22-21-31-11-4-5-14-33(31)29-34)58-53(57-51)41-25-24-38(36-15-6-7-16-37(36)41)40-18-10-19-42-48-46(60-50(40)42)27-28-47-49(48)55-54(61-47)35-23-26-45-43(30-35)39-17-8-9-20-44(39)59-45/h1-30H. The number of fused-ring (bicyclic) bond motifs is 10. The maximum atomic E-state index is 6.80. The number of hydrogen-bond donors (Lipinski definition) is 0. The van der Waals surface area contributed by atoms with Crippen molar-refractivity contribution in [3.8, 4) is 55.9 Å². The molecule has 0 N–H and O–H groups in total. The van der Waals surface area contributed by atoms with Crippen molar-refractivity contribution in [2.45, 2.75) is 0 Å². The molecule has 0 atom stereocenters. The molecule has 0 saturated heterocycles. The van der Waals surface area contributed by atoms with Crippen molar-refractivity contribution in [3.63, 3.8) is 0 Å². The van der Waals surface area contributed by atoms with Crippen molar-refractivity contribution in [2.24, 2.45) is 0 Å². The molecule has 61 heavy (non-hydrogen) atoms. The lowest BCUT2D eigenvalue weighted by Crippen LogP contribution is -2.00. The van der Waals surface area contributed by atoms with Crippen LogP contribution in [-0.4, -0.2) is 19.9 Å². The first kappa shape index (κ1) is 33.9.